The molecule has 0 heterocycles. The van der Waals surface area contributed by atoms with Crippen molar-refractivity contribution in [1.82, 2.24) is 0 Å². The van der Waals surface area contributed by atoms with Gasteiger partial charge in [0.1, 0.15) is 0 Å². The summed E-state index contributed by atoms with van der Waals surface area (Å²) in [4.78, 5) is 11.0. The van der Waals surface area contributed by atoms with E-state index in [2.05, 4.69) is 13.8 Å². The van der Waals surface area contributed by atoms with Crippen molar-refractivity contribution >= 4 is 5.97 Å². The lowest BCUT2D eigenvalue weighted by Gasteiger charge is -2.01. The van der Waals surface area contributed by atoms with Gasteiger partial charge in [-0.3, -0.25) is 0 Å². The standard InChI is InChI=1S/C10H18O2/c1-4-7-9(5-2)8-10(11)12-6-3/h8H,4-7H2,1-3H3/b9-8+. The van der Waals surface area contributed by atoms with E-state index in [0.717, 1.165) is 19.3 Å². The first-order valence-corrected chi connectivity index (χ1v) is 4.60. The highest BCUT2D eigenvalue weighted by atomic mass is 16.5. The topological polar surface area (TPSA) is 26.3 Å². The van der Waals surface area contributed by atoms with Gasteiger partial charge in [0.2, 0.25) is 0 Å². The molecule has 0 bridgehead atoms. The van der Waals surface area contributed by atoms with Crippen molar-refractivity contribution in [2.75, 3.05) is 6.61 Å². The second kappa shape index (κ2) is 6.89. The van der Waals surface area contributed by atoms with Crippen LogP contribution in [-0.2, 0) is 9.53 Å². The Morgan fingerprint density at radius 3 is 2.42 bits per heavy atom. The SMILES string of the molecule is CCC/C(=C/C(=O)OCC)CC. The Hall–Kier alpha value is -0.790. The fourth-order valence-corrected chi connectivity index (χ4v) is 1.02. The summed E-state index contributed by atoms with van der Waals surface area (Å²) in [6, 6.07) is 0. The van der Waals surface area contributed by atoms with E-state index in [1.165, 1.54) is 5.57 Å². The van der Waals surface area contributed by atoms with E-state index in [9.17, 15) is 4.79 Å². The van der Waals surface area contributed by atoms with Crippen molar-refractivity contribution in [3.8, 4) is 0 Å². The number of esters is 1. The highest BCUT2D eigenvalue weighted by Gasteiger charge is 1.98. The molecule has 0 aromatic rings. The van der Waals surface area contributed by atoms with E-state index < -0.39 is 0 Å². The molecule has 0 atom stereocenters. The van der Waals surface area contributed by atoms with Gasteiger partial charge in [0, 0.05) is 6.08 Å². The Balaban J connectivity index is 3.98. The fraction of sp³-hybridized carbons (Fsp3) is 0.700. The Morgan fingerprint density at radius 2 is 2.00 bits per heavy atom. The number of rotatable bonds is 5. The zero-order chi connectivity index (χ0) is 9.40. The van der Waals surface area contributed by atoms with Gasteiger partial charge in [0.05, 0.1) is 6.61 Å². The number of ether oxygens (including phenoxy) is 1. The second-order valence-electron chi connectivity index (χ2n) is 2.66. The van der Waals surface area contributed by atoms with E-state index in [0.29, 0.717) is 6.61 Å². The summed E-state index contributed by atoms with van der Waals surface area (Å²) >= 11 is 0. The van der Waals surface area contributed by atoms with E-state index >= 15 is 0 Å². The summed E-state index contributed by atoms with van der Waals surface area (Å²) in [6.45, 7) is 6.44. The van der Waals surface area contributed by atoms with Crippen LogP contribution in [-0.4, -0.2) is 12.6 Å². The van der Waals surface area contributed by atoms with Crippen LogP contribution in [0.3, 0.4) is 0 Å². The monoisotopic (exact) mass is 170 g/mol. The number of allylic oxidation sites excluding steroid dienone is 1. The predicted molar refractivity (Wildman–Crippen MR) is 49.9 cm³/mol. The van der Waals surface area contributed by atoms with Gasteiger partial charge in [-0.15, -0.1) is 0 Å². The molecule has 0 saturated carbocycles. The lowest BCUT2D eigenvalue weighted by molar-refractivity contribution is -0.137. The van der Waals surface area contributed by atoms with Crippen molar-refractivity contribution < 1.29 is 9.53 Å². The molecule has 0 N–H and O–H groups in total. The average molecular weight is 170 g/mol. The van der Waals surface area contributed by atoms with Crippen LogP contribution in [0.15, 0.2) is 11.6 Å². The van der Waals surface area contributed by atoms with Crippen LogP contribution >= 0.6 is 0 Å². The largest absolute Gasteiger partial charge is 0.463 e. The Morgan fingerprint density at radius 1 is 1.33 bits per heavy atom. The highest BCUT2D eigenvalue weighted by molar-refractivity contribution is 5.82. The summed E-state index contributed by atoms with van der Waals surface area (Å²) in [6.07, 6.45) is 4.63. The molecule has 2 nitrogen and oxygen atoms in total. The number of carbonyl (C=O) groups is 1. The van der Waals surface area contributed by atoms with Crippen LogP contribution in [0.4, 0.5) is 0 Å². The fourth-order valence-electron chi connectivity index (χ4n) is 1.02. The molecule has 0 amide bonds. The van der Waals surface area contributed by atoms with E-state index in [1.54, 1.807) is 6.08 Å². The zero-order valence-electron chi connectivity index (χ0n) is 8.22. The van der Waals surface area contributed by atoms with Crippen molar-refractivity contribution in [3.63, 3.8) is 0 Å². The second-order valence-corrected chi connectivity index (χ2v) is 2.66. The maximum atomic E-state index is 11.0. The lowest BCUT2D eigenvalue weighted by atomic mass is 10.1. The maximum absolute atomic E-state index is 11.0. The molecule has 0 rings (SSSR count). The van der Waals surface area contributed by atoms with Gasteiger partial charge in [0.25, 0.3) is 0 Å². The first kappa shape index (κ1) is 11.2. The molecule has 0 spiro atoms. The molecule has 0 unspecified atom stereocenters. The summed E-state index contributed by atoms with van der Waals surface area (Å²) in [5.74, 6) is -0.206. The zero-order valence-corrected chi connectivity index (χ0v) is 8.22. The van der Waals surface area contributed by atoms with Gasteiger partial charge in [-0.1, -0.05) is 25.8 Å². The van der Waals surface area contributed by atoms with Crippen LogP contribution < -0.4 is 0 Å². The molecular weight excluding hydrogens is 152 g/mol. The van der Waals surface area contributed by atoms with E-state index in [4.69, 9.17) is 4.74 Å². The third kappa shape index (κ3) is 4.94. The number of hydrogen-bond donors (Lipinski definition) is 0. The number of hydrogen-bond acceptors (Lipinski definition) is 2. The molecule has 0 aromatic carbocycles. The first-order chi connectivity index (χ1) is 5.74. The molecule has 0 aliphatic carbocycles. The van der Waals surface area contributed by atoms with Gasteiger partial charge in [0.15, 0.2) is 0 Å². The predicted octanol–water partition coefficient (Wildman–Crippen LogP) is 2.69. The van der Waals surface area contributed by atoms with Crippen molar-refractivity contribution in [3.05, 3.63) is 11.6 Å². The molecule has 0 aromatic heterocycles. The third-order valence-corrected chi connectivity index (χ3v) is 1.63. The molecule has 0 fully saturated rings. The van der Waals surface area contributed by atoms with Crippen LogP contribution in [0.2, 0.25) is 0 Å². The maximum Gasteiger partial charge on any atom is 0.330 e. The van der Waals surface area contributed by atoms with Crippen LogP contribution in [0.1, 0.15) is 40.0 Å². The Labute approximate surface area is 74.6 Å². The highest BCUT2D eigenvalue weighted by Crippen LogP contribution is 2.08. The molecule has 12 heavy (non-hydrogen) atoms. The smallest absolute Gasteiger partial charge is 0.330 e. The molecule has 2 heteroatoms. The van der Waals surface area contributed by atoms with Gasteiger partial charge in [-0.2, -0.15) is 0 Å². The molecule has 0 aliphatic rings. The molecule has 0 aliphatic heterocycles. The van der Waals surface area contributed by atoms with E-state index in [-0.39, 0.29) is 5.97 Å². The van der Waals surface area contributed by atoms with Crippen molar-refractivity contribution in [2.24, 2.45) is 0 Å². The van der Waals surface area contributed by atoms with E-state index in [1.807, 2.05) is 6.92 Å². The average Bonchev–Trinajstić information content (AvgIpc) is 2.04. The molecule has 70 valence electrons. The Bertz CT molecular complexity index is 159. The minimum atomic E-state index is -0.206. The van der Waals surface area contributed by atoms with Crippen LogP contribution in [0, 0.1) is 0 Å². The quantitative estimate of drug-likeness (QED) is 0.468. The van der Waals surface area contributed by atoms with Crippen LogP contribution in [0.5, 0.6) is 0 Å². The van der Waals surface area contributed by atoms with Crippen molar-refractivity contribution in [2.45, 2.75) is 40.0 Å². The van der Waals surface area contributed by atoms with Crippen molar-refractivity contribution in [1.29, 1.82) is 0 Å². The summed E-state index contributed by atoms with van der Waals surface area (Å²) < 4.78 is 4.81. The normalized spacial score (nSPS) is 11.4. The van der Waals surface area contributed by atoms with Crippen LogP contribution in [0.25, 0.3) is 0 Å². The first-order valence-electron chi connectivity index (χ1n) is 4.60. The Kier molecular flexibility index (Phi) is 6.44. The summed E-state index contributed by atoms with van der Waals surface area (Å²) in [7, 11) is 0. The summed E-state index contributed by atoms with van der Waals surface area (Å²) in [5.41, 5.74) is 1.18. The summed E-state index contributed by atoms with van der Waals surface area (Å²) in [5, 5.41) is 0. The molecular formula is C10H18O2. The van der Waals surface area contributed by atoms with Gasteiger partial charge in [-0.05, 0) is 19.8 Å². The van der Waals surface area contributed by atoms with Gasteiger partial charge < -0.3 is 4.74 Å². The molecule has 0 saturated heterocycles. The van der Waals surface area contributed by atoms with Gasteiger partial charge >= 0.3 is 5.97 Å². The minimum Gasteiger partial charge on any atom is -0.463 e. The van der Waals surface area contributed by atoms with Gasteiger partial charge in [-0.25, -0.2) is 4.79 Å². The number of carbonyl (C=O) groups excluding carboxylic acids is 1. The third-order valence-electron chi connectivity index (χ3n) is 1.63. The molecule has 0 radical (unpaired) electrons. The minimum absolute atomic E-state index is 0.206. The lowest BCUT2D eigenvalue weighted by Crippen LogP contribution is -2.00.